The lowest BCUT2D eigenvalue weighted by Crippen LogP contribution is -2.18. The molecule has 1 aromatic heterocycles. The number of imidazole rings is 1. The van der Waals surface area contributed by atoms with Gasteiger partial charge < -0.3 is 9.88 Å². The molecule has 78 valence electrons. The zero-order chi connectivity index (χ0) is 10.1. The second-order valence-corrected chi connectivity index (χ2v) is 4.34. The Morgan fingerprint density at radius 1 is 1.57 bits per heavy atom. The van der Waals surface area contributed by atoms with Gasteiger partial charge in [0.15, 0.2) is 0 Å². The predicted molar refractivity (Wildman–Crippen MR) is 57.3 cm³/mol. The fourth-order valence-corrected chi connectivity index (χ4v) is 2.34. The van der Waals surface area contributed by atoms with Crippen LogP contribution in [0.1, 0.15) is 50.3 Å². The average Bonchev–Trinajstić information content (AvgIpc) is 2.70. The molecule has 0 amide bonds. The molecule has 14 heavy (non-hydrogen) atoms. The van der Waals surface area contributed by atoms with Crippen LogP contribution in [-0.4, -0.2) is 16.1 Å². The average molecular weight is 193 g/mol. The van der Waals surface area contributed by atoms with E-state index in [1.54, 1.807) is 0 Å². The molecule has 2 rings (SSSR count). The zero-order valence-corrected chi connectivity index (χ0v) is 9.25. The van der Waals surface area contributed by atoms with Gasteiger partial charge in [0, 0.05) is 12.1 Å². The fourth-order valence-electron chi connectivity index (χ4n) is 2.34. The topological polar surface area (TPSA) is 29.9 Å². The summed E-state index contributed by atoms with van der Waals surface area (Å²) in [6.07, 6.45) is 4.56. The normalized spacial score (nSPS) is 22.1. The van der Waals surface area contributed by atoms with Crippen LogP contribution in [0.5, 0.6) is 0 Å². The van der Waals surface area contributed by atoms with Gasteiger partial charge in [-0.2, -0.15) is 0 Å². The van der Waals surface area contributed by atoms with Crippen LogP contribution in [0.3, 0.4) is 0 Å². The summed E-state index contributed by atoms with van der Waals surface area (Å²) < 4.78 is 2.34. The third-order valence-corrected chi connectivity index (χ3v) is 2.94. The van der Waals surface area contributed by atoms with Crippen molar-refractivity contribution in [1.29, 1.82) is 0 Å². The molecule has 1 aliphatic rings. The highest BCUT2D eigenvalue weighted by Crippen LogP contribution is 2.26. The van der Waals surface area contributed by atoms with Crippen LogP contribution in [0.15, 0.2) is 6.20 Å². The van der Waals surface area contributed by atoms with E-state index in [9.17, 15) is 0 Å². The van der Waals surface area contributed by atoms with Crippen LogP contribution >= 0.6 is 0 Å². The Hall–Kier alpha value is -0.830. The van der Waals surface area contributed by atoms with Crippen molar-refractivity contribution < 1.29 is 0 Å². The highest BCUT2D eigenvalue weighted by Gasteiger charge is 2.21. The molecule has 1 fully saturated rings. The molecule has 3 nitrogen and oxygen atoms in total. The summed E-state index contributed by atoms with van der Waals surface area (Å²) in [5.41, 5.74) is 1.36. The van der Waals surface area contributed by atoms with E-state index in [1.165, 1.54) is 18.5 Å². The second kappa shape index (κ2) is 3.73. The van der Waals surface area contributed by atoms with Crippen LogP contribution in [0.25, 0.3) is 0 Å². The molecule has 0 saturated carbocycles. The molecule has 1 atom stereocenters. The van der Waals surface area contributed by atoms with E-state index in [-0.39, 0.29) is 0 Å². The molecule has 1 aliphatic heterocycles. The Morgan fingerprint density at radius 3 is 2.93 bits per heavy atom. The molecule has 1 saturated heterocycles. The summed E-state index contributed by atoms with van der Waals surface area (Å²) in [6, 6.07) is 1.04. The maximum Gasteiger partial charge on any atom is 0.105 e. The molecular formula is C11H19N3. The molecule has 1 aromatic rings. The number of aromatic nitrogens is 2. The van der Waals surface area contributed by atoms with Crippen LogP contribution in [0.4, 0.5) is 0 Å². The van der Waals surface area contributed by atoms with Crippen molar-refractivity contribution in [2.24, 2.45) is 0 Å². The molecule has 1 unspecified atom stereocenters. The van der Waals surface area contributed by atoms with Gasteiger partial charge >= 0.3 is 0 Å². The van der Waals surface area contributed by atoms with Gasteiger partial charge in [-0.25, -0.2) is 4.98 Å². The summed E-state index contributed by atoms with van der Waals surface area (Å²) in [7, 11) is 0. The number of nitrogens with one attached hydrogen (secondary N) is 1. The van der Waals surface area contributed by atoms with Gasteiger partial charge in [0.25, 0.3) is 0 Å². The molecule has 0 aromatic carbocycles. The van der Waals surface area contributed by atoms with Crippen molar-refractivity contribution in [3.63, 3.8) is 0 Å². The molecule has 2 heterocycles. The van der Waals surface area contributed by atoms with Gasteiger partial charge in [-0.15, -0.1) is 0 Å². The highest BCUT2D eigenvalue weighted by atomic mass is 15.1. The van der Waals surface area contributed by atoms with Crippen LogP contribution < -0.4 is 5.32 Å². The minimum absolute atomic E-state index is 0.509. The van der Waals surface area contributed by atoms with Crippen molar-refractivity contribution in [2.75, 3.05) is 6.54 Å². The van der Waals surface area contributed by atoms with E-state index < -0.39 is 0 Å². The maximum atomic E-state index is 4.41. The molecule has 3 heteroatoms. The fraction of sp³-hybridized carbons (Fsp3) is 0.727. The lowest BCUT2D eigenvalue weighted by atomic mass is 10.1. The summed E-state index contributed by atoms with van der Waals surface area (Å²) >= 11 is 0. The lowest BCUT2D eigenvalue weighted by molar-refractivity contribution is 0.510. The molecule has 0 aliphatic carbocycles. The monoisotopic (exact) mass is 193 g/mol. The van der Waals surface area contributed by atoms with Gasteiger partial charge in [0.05, 0.1) is 11.9 Å². The Labute approximate surface area is 85.5 Å². The third-order valence-electron chi connectivity index (χ3n) is 2.94. The number of rotatable bonds is 2. The van der Waals surface area contributed by atoms with E-state index in [0.717, 1.165) is 12.4 Å². The summed E-state index contributed by atoms with van der Waals surface area (Å²) in [5, 5.41) is 3.52. The van der Waals surface area contributed by atoms with Crippen molar-refractivity contribution in [3.05, 3.63) is 17.7 Å². The number of aryl methyl sites for hydroxylation is 1. The lowest BCUT2D eigenvalue weighted by Gasteiger charge is -2.18. The predicted octanol–water partition coefficient (Wildman–Crippen LogP) is 2.20. The van der Waals surface area contributed by atoms with Crippen LogP contribution in [0, 0.1) is 6.92 Å². The van der Waals surface area contributed by atoms with Gasteiger partial charge in [-0.3, -0.25) is 0 Å². The van der Waals surface area contributed by atoms with E-state index in [2.05, 4.69) is 35.6 Å². The minimum Gasteiger partial charge on any atom is -0.328 e. The maximum absolute atomic E-state index is 4.41. The summed E-state index contributed by atoms with van der Waals surface area (Å²) in [4.78, 5) is 4.41. The van der Waals surface area contributed by atoms with Crippen LogP contribution in [-0.2, 0) is 0 Å². The molecule has 0 spiro atoms. The van der Waals surface area contributed by atoms with Crippen molar-refractivity contribution in [2.45, 2.75) is 45.7 Å². The number of nitrogens with zero attached hydrogens (tertiary/aromatic N) is 2. The van der Waals surface area contributed by atoms with Crippen molar-refractivity contribution >= 4 is 0 Å². The van der Waals surface area contributed by atoms with E-state index in [4.69, 9.17) is 0 Å². The van der Waals surface area contributed by atoms with Gasteiger partial charge in [-0.1, -0.05) is 0 Å². The second-order valence-electron chi connectivity index (χ2n) is 4.34. The summed E-state index contributed by atoms with van der Waals surface area (Å²) in [6.45, 7) is 7.66. The molecule has 0 bridgehead atoms. The van der Waals surface area contributed by atoms with Crippen molar-refractivity contribution in [1.82, 2.24) is 14.9 Å². The third kappa shape index (κ3) is 1.57. The van der Waals surface area contributed by atoms with Gasteiger partial charge in [0.1, 0.15) is 5.82 Å². The van der Waals surface area contributed by atoms with E-state index >= 15 is 0 Å². The smallest absolute Gasteiger partial charge is 0.105 e. The first-order chi connectivity index (χ1) is 6.70. The molecule has 0 radical (unpaired) electrons. The first-order valence-corrected chi connectivity index (χ1v) is 5.47. The Morgan fingerprint density at radius 2 is 2.36 bits per heavy atom. The SMILES string of the molecule is Cc1ncc(C2CCCN2)n1C(C)C. The number of hydrogen-bond acceptors (Lipinski definition) is 2. The Bertz CT molecular complexity index is 308. The van der Waals surface area contributed by atoms with Gasteiger partial charge in [-0.05, 0) is 40.2 Å². The highest BCUT2D eigenvalue weighted by molar-refractivity contribution is 5.12. The quantitative estimate of drug-likeness (QED) is 0.780. The first-order valence-electron chi connectivity index (χ1n) is 5.47. The number of hydrogen-bond donors (Lipinski definition) is 1. The van der Waals surface area contributed by atoms with Crippen molar-refractivity contribution in [3.8, 4) is 0 Å². The van der Waals surface area contributed by atoms with Crippen LogP contribution in [0.2, 0.25) is 0 Å². The minimum atomic E-state index is 0.509. The Balaban J connectivity index is 2.32. The van der Waals surface area contributed by atoms with Gasteiger partial charge in [0.2, 0.25) is 0 Å². The largest absolute Gasteiger partial charge is 0.328 e. The molecule has 1 N–H and O–H groups in total. The first kappa shape index (κ1) is 9.71. The van der Waals surface area contributed by atoms with E-state index in [0.29, 0.717) is 12.1 Å². The molecular weight excluding hydrogens is 174 g/mol. The van der Waals surface area contributed by atoms with E-state index in [1.807, 2.05) is 6.20 Å². The zero-order valence-electron chi connectivity index (χ0n) is 9.25. The Kier molecular flexibility index (Phi) is 2.59. The summed E-state index contributed by atoms with van der Waals surface area (Å²) in [5.74, 6) is 1.13. The standard InChI is InChI=1S/C11H19N3/c1-8(2)14-9(3)13-7-11(14)10-5-4-6-12-10/h7-8,10,12H,4-6H2,1-3H3.